The van der Waals surface area contributed by atoms with E-state index in [0.717, 1.165) is 53.9 Å². The molecule has 2 aliphatic heterocycles. The number of methoxy groups -OCH3 is 1. The van der Waals surface area contributed by atoms with Crippen molar-refractivity contribution in [1.29, 1.82) is 0 Å². The Morgan fingerprint density at radius 2 is 2.00 bits per heavy atom. The van der Waals surface area contributed by atoms with E-state index in [1.165, 1.54) is 12.1 Å². The Morgan fingerprint density at radius 3 is 2.69 bits per heavy atom. The number of amides is 1. The molecule has 1 amide bonds. The van der Waals surface area contributed by atoms with Gasteiger partial charge in [0.05, 0.1) is 36.8 Å². The molecule has 0 aliphatic carbocycles. The van der Waals surface area contributed by atoms with Gasteiger partial charge in [0, 0.05) is 12.2 Å². The molecule has 36 heavy (non-hydrogen) atoms. The SMILES string of the molecule is CCC1CCCC2(c3ccc(F)cc3)CC(=O)N=C(/C=C/c3ccc(-n4cnc(C)c4)c(OC)c3)N12. The van der Waals surface area contributed by atoms with Gasteiger partial charge in [-0.2, -0.15) is 4.99 Å². The molecule has 2 aliphatic rings. The van der Waals surface area contributed by atoms with Crippen LogP contribution in [-0.2, 0) is 10.3 Å². The van der Waals surface area contributed by atoms with E-state index in [1.54, 1.807) is 13.4 Å². The summed E-state index contributed by atoms with van der Waals surface area (Å²) in [6.45, 7) is 4.12. The number of benzene rings is 2. The highest BCUT2D eigenvalue weighted by atomic mass is 19.1. The van der Waals surface area contributed by atoms with Crippen LogP contribution in [0.3, 0.4) is 0 Å². The Bertz CT molecular complexity index is 1330. The zero-order valence-corrected chi connectivity index (χ0v) is 20.9. The summed E-state index contributed by atoms with van der Waals surface area (Å²) < 4.78 is 21.3. The molecule has 0 radical (unpaired) electrons. The second-order valence-electron chi connectivity index (χ2n) is 9.59. The van der Waals surface area contributed by atoms with Crippen LogP contribution in [0.15, 0.2) is 66.1 Å². The summed E-state index contributed by atoms with van der Waals surface area (Å²) in [7, 11) is 1.65. The number of amidine groups is 1. The molecule has 6 nitrogen and oxygen atoms in total. The molecule has 7 heteroatoms. The summed E-state index contributed by atoms with van der Waals surface area (Å²) >= 11 is 0. The first-order valence-electron chi connectivity index (χ1n) is 12.5. The zero-order valence-electron chi connectivity index (χ0n) is 20.9. The minimum absolute atomic E-state index is 0.143. The maximum absolute atomic E-state index is 13.7. The maximum atomic E-state index is 13.7. The van der Waals surface area contributed by atoms with E-state index in [0.29, 0.717) is 12.3 Å². The number of fused-ring (bicyclic) bond motifs is 1. The lowest BCUT2D eigenvalue weighted by atomic mass is 9.74. The predicted octanol–water partition coefficient (Wildman–Crippen LogP) is 5.83. The van der Waals surface area contributed by atoms with Crippen molar-refractivity contribution in [3.05, 3.63) is 83.7 Å². The molecule has 0 bridgehead atoms. The largest absolute Gasteiger partial charge is 0.495 e. The maximum Gasteiger partial charge on any atom is 0.250 e. The molecular weight excluding hydrogens is 455 g/mol. The van der Waals surface area contributed by atoms with Gasteiger partial charge in [-0.1, -0.05) is 31.2 Å². The van der Waals surface area contributed by atoms with Crippen LogP contribution in [0.5, 0.6) is 5.75 Å². The fraction of sp³-hybridized carbons (Fsp3) is 0.345. The minimum Gasteiger partial charge on any atom is -0.495 e. The standard InChI is InChI=1S/C29H31FN4O2/c1-4-24-6-5-15-29(22-9-11-23(30)12-10-22)17-28(35)32-27(34(24)29)14-8-21-7-13-25(26(16-21)36-3)33-18-20(2)31-19-33/h7-14,16,18-19,24H,4-6,15,17H2,1-3H3/b14-8+. The lowest BCUT2D eigenvalue weighted by molar-refractivity contribution is -0.123. The third-order valence-electron chi connectivity index (χ3n) is 7.36. The molecule has 1 saturated heterocycles. The van der Waals surface area contributed by atoms with E-state index in [-0.39, 0.29) is 17.8 Å². The number of aromatic nitrogens is 2. The number of ether oxygens (including phenoxy) is 1. The highest BCUT2D eigenvalue weighted by molar-refractivity contribution is 6.06. The van der Waals surface area contributed by atoms with Crippen molar-refractivity contribution in [2.75, 3.05) is 7.11 Å². The third-order valence-corrected chi connectivity index (χ3v) is 7.36. The first-order valence-corrected chi connectivity index (χ1v) is 12.5. The van der Waals surface area contributed by atoms with Crippen molar-refractivity contribution in [2.24, 2.45) is 4.99 Å². The van der Waals surface area contributed by atoms with Crippen molar-refractivity contribution in [3.8, 4) is 11.4 Å². The van der Waals surface area contributed by atoms with Gasteiger partial charge in [0.25, 0.3) is 0 Å². The van der Waals surface area contributed by atoms with Crippen LogP contribution >= 0.6 is 0 Å². The molecule has 3 aromatic rings. The summed E-state index contributed by atoms with van der Waals surface area (Å²) in [5, 5.41) is 0. The number of piperidine rings is 1. The number of nitrogens with zero attached hydrogens (tertiary/aromatic N) is 4. The molecule has 3 heterocycles. The van der Waals surface area contributed by atoms with E-state index in [2.05, 4.69) is 21.8 Å². The average Bonchev–Trinajstić information content (AvgIpc) is 3.32. The molecule has 1 fully saturated rings. The number of aryl methyl sites for hydroxylation is 1. The van der Waals surface area contributed by atoms with Crippen molar-refractivity contribution >= 4 is 17.8 Å². The number of carbonyl (C=O) groups excluding carboxylic acids is 1. The van der Waals surface area contributed by atoms with E-state index < -0.39 is 5.54 Å². The quantitative estimate of drug-likeness (QED) is 0.440. The summed E-state index contributed by atoms with van der Waals surface area (Å²) in [5.74, 6) is 0.968. The van der Waals surface area contributed by atoms with Crippen LogP contribution in [0.1, 0.15) is 55.8 Å². The first kappa shape index (κ1) is 24.0. The van der Waals surface area contributed by atoms with Crippen LogP contribution in [-0.4, -0.2) is 39.3 Å². The zero-order chi connectivity index (χ0) is 25.3. The normalized spacial score (nSPS) is 22.0. The molecule has 0 spiro atoms. The van der Waals surface area contributed by atoms with Crippen LogP contribution in [0.4, 0.5) is 4.39 Å². The summed E-state index contributed by atoms with van der Waals surface area (Å²) in [6, 6.07) is 12.8. The molecule has 0 N–H and O–H groups in total. The topological polar surface area (TPSA) is 59.7 Å². The average molecular weight is 487 g/mol. The monoisotopic (exact) mass is 486 g/mol. The van der Waals surface area contributed by atoms with E-state index in [4.69, 9.17) is 4.74 Å². The van der Waals surface area contributed by atoms with Gasteiger partial charge in [-0.05, 0) is 74.1 Å². The third kappa shape index (κ3) is 4.34. The summed E-state index contributed by atoms with van der Waals surface area (Å²) in [6.07, 6.45) is 11.7. The minimum atomic E-state index is -0.508. The molecule has 2 aromatic carbocycles. The fourth-order valence-corrected chi connectivity index (χ4v) is 5.67. The number of carbonyl (C=O) groups is 1. The number of hydrogen-bond donors (Lipinski definition) is 0. The number of rotatable bonds is 6. The number of aliphatic imine (C=N–C) groups is 1. The van der Waals surface area contributed by atoms with Crippen molar-refractivity contribution in [1.82, 2.24) is 14.5 Å². The van der Waals surface area contributed by atoms with Gasteiger partial charge < -0.3 is 14.2 Å². The van der Waals surface area contributed by atoms with E-state index >= 15 is 0 Å². The van der Waals surface area contributed by atoms with Gasteiger partial charge in [0.2, 0.25) is 5.91 Å². The smallest absolute Gasteiger partial charge is 0.250 e. The summed E-state index contributed by atoms with van der Waals surface area (Å²) in [4.78, 5) is 24.0. The number of imidazole rings is 1. The van der Waals surface area contributed by atoms with Gasteiger partial charge in [-0.25, -0.2) is 9.37 Å². The second kappa shape index (κ2) is 9.72. The highest BCUT2D eigenvalue weighted by Crippen LogP contribution is 2.46. The van der Waals surface area contributed by atoms with Crippen LogP contribution in [0.2, 0.25) is 0 Å². The summed E-state index contributed by atoms with van der Waals surface area (Å²) in [5.41, 5.74) is 3.23. The first-order chi connectivity index (χ1) is 17.4. The Labute approximate surface area is 211 Å². The van der Waals surface area contributed by atoms with Crippen molar-refractivity contribution < 1.29 is 13.9 Å². The number of halogens is 1. The van der Waals surface area contributed by atoms with Crippen LogP contribution in [0.25, 0.3) is 11.8 Å². The van der Waals surface area contributed by atoms with Gasteiger partial charge in [0.1, 0.15) is 17.4 Å². The Morgan fingerprint density at radius 1 is 1.19 bits per heavy atom. The van der Waals surface area contributed by atoms with Crippen LogP contribution < -0.4 is 4.74 Å². The highest BCUT2D eigenvalue weighted by Gasteiger charge is 2.49. The molecule has 0 saturated carbocycles. The molecule has 5 rings (SSSR count). The lowest BCUT2D eigenvalue weighted by Gasteiger charge is -2.54. The lowest BCUT2D eigenvalue weighted by Crippen LogP contribution is -2.59. The van der Waals surface area contributed by atoms with Crippen molar-refractivity contribution in [2.45, 2.75) is 57.5 Å². The Balaban J connectivity index is 1.52. The predicted molar refractivity (Wildman–Crippen MR) is 139 cm³/mol. The molecule has 186 valence electrons. The van der Waals surface area contributed by atoms with Gasteiger partial charge in [0.15, 0.2) is 0 Å². The van der Waals surface area contributed by atoms with E-state index in [9.17, 15) is 9.18 Å². The molecule has 2 unspecified atom stereocenters. The molecule has 1 aromatic heterocycles. The van der Waals surface area contributed by atoms with Gasteiger partial charge in [-0.3, -0.25) is 4.79 Å². The molecular formula is C29H31FN4O2. The van der Waals surface area contributed by atoms with Gasteiger partial charge in [-0.15, -0.1) is 0 Å². The van der Waals surface area contributed by atoms with Crippen LogP contribution in [0, 0.1) is 12.7 Å². The van der Waals surface area contributed by atoms with Crippen molar-refractivity contribution in [3.63, 3.8) is 0 Å². The number of hydrogen-bond acceptors (Lipinski definition) is 4. The molecule has 2 atom stereocenters. The van der Waals surface area contributed by atoms with E-state index in [1.807, 2.05) is 60.2 Å². The second-order valence-corrected chi connectivity index (χ2v) is 9.59. The Kier molecular flexibility index (Phi) is 6.48. The van der Waals surface area contributed by atoms with Gasteiger partial charge >= 0.3 is 0 Å². The fourth-order valence-electron chi connectivity index (χ4n) is 5.67. The Hall–Kier alpha value is -3.74.